The topological polar surface area (TPSA) is 182 Å². The maximum Gasteiger partial charge on any atom is 0.308 e. The molecule has 234 valence electrons. The number of nitrogens with one attached hydrogen (secondary N) is 1. The number of nitrogens with zero attached hydrogens (tertiary/aromatic N) is 1. The predicted octanol–water partition coefficient (Wildman–Crippen LogP) is 2.61. The van der Waals surface area contributed by atoms with E-state index in [0.717, 1.165) is 18.4 Å². The van der Waals surface area contributed by atoms with E-state index >= 15 is 0 Å². The monoisotopic (exact) mass is 592 g/mol. The highest BCUT2D eigenvalue weighted by molar-refractivity contribution is 5.92. The number of rotatable bonds is 13. The first-order valence-corrected chi connectivity index (χ1v) is 15.2. The van der Waals surface area contributed by atoms with Gasteiger partial charge in [0.2, 0.25) is 11.7 Å². The molecule has 3 unspecified atom stereocenters. The third-order valence-corrected chi connectivity index (χ3v) is 10.8. The van der Waals surface area contributed by atoms with E-state index in [1.165, 1.54) is 0 Å². The molecule has 0 aromatic heterocycles. The van der Waals surface area contributed by atoms with Gasteiger partial charge in [-0.05, 0) is 80.6 Å². The van der Waals surface area contributed by atoms with Gasteiger partial charge < -0.3 is 25.1 Å². The van der Waals surface area contributed by atoms with Crippen molar-refractivity contribution < 1.29 is 44.1 Å². The number of aliphatic hydroxyl groups is 2. The number of fused-ring (bicyclic) bond motifs is 5. The molecule has 0 aromatic rings. The molecule has 4 rings (SSSR count). The van der Waals surface area contributed by atoms with Crippen molar-refractivity contribution in [2.24, 2.45) is 28.6 Å². The first kappa shape index (κ1) is 32.1. The van der Waals surface area contributed by atoms with Crippen LogP contribution >= 0.6 is 0 Å². The molecule has 0 aliphatic heterocycles. The van der Waals surface area contributed by atoms with Crippen LogP contribution in [-0.2, 0) is 28.8 Å². The number of aliphatic hydroxyl groups excluding tert-OH is 1. The number of carbonyl (C=O) groups excluding carboxylic acids is 4. The number of allylic oxidation sites excluding steroid dienone is 1. The Kier molecular flexibility index (Phi) is 9.76. The molecule has 12 nitrogen and oxygen atoms in total. The van der Waals surface area contributed by atoms with Gasteiger partial charge in [-0.3, -0.25) is 19.2 Å². The third kappa shape index (κ3) is 6.24. The van der Waals surface area contributed by atoms with Gasteiger partial charge in [0, 0.05) is 24.8 Å². The minimum Gasteiger partial charge on any atom is -0.457 e. The van der Waals surface area contributed by atoms with Crippen molar-refractivity contribution in [1.82, 2.24) is 5.32 Å². The zero-order valence-corrected chi connectivity index (χ0v) is 24.6. The number of carbonyl (C=O) groups is 4. The highest BCUT2D eigenvalue weighted by Crippen LogP contribution is 2.67. The number of ether oxygens (including phenoxy) is 1. The van der Waals surface area contributed by atoms with Gasteiger partial charge in [0.1, 0.15) is 5.60 Å². The number of hydrogen-bond donors (Lipinski definition) is 3. The Balaban J connectivity index is 1.25. The molecule has 3 N–H and O–H groups in total. The van der Waals surface area contributed by atoms with E-state index in [-0.39, 0.29) is 73.7 Å². The van der Waals surface area contributed by atoms with Gasteiger partial charge >= 0.3 is 5.97 Å². The van der Waals surface area contributed by atoms with Crippen LogP contribution in [0.5, 0.6) is 0 Å². The molecule has 4 aliphatic rings. The summed E-state index contributed by atoms with van der Waals surface area (Å²) in [7, 11) is 0. The number of amides is 1. The van der Waals surface area contributed by atoms with Crippen LogP contribution in [0.1, 0.15) is 90.9 Å². The normalized spacial score (nSPS) is 35.2. The maximum absolute atomic E-state index is 13.4. The second kappa shape index (κ2) is 12.8. The van der Waals surface area contributed by atoms with Crippen molar-refractivity contribution in [2.75, 3.05) is 19.8 Å². The molecule has 3 saturated carbocycles. The third-order valence-electron chi connectivity index (χ3n) is 10.8. The van der Waals surface area contributed by atoms with Crippen molar-refractivity contribution in [3.05, 3.63) is 21.8 Å². The lowest BCUT2D eigenvalue weighted by atomic mass is 9.45. The standard InChI is InChI=1S/C30H44N2O10/c1-28-12-9-20(33)16-19(28)7-8-21-22-10-13-30(38,29(22,2)17-23(34)27(21)28)24(35)18-41-26(37)11-14-31-25(36)6-4-3-5-15-42-32(39)40/h16,21-23,27,34,38H,3-15,17-18H2,1-2H3,(H,31,36)/t21?,22?,23-,27?,28-,29-,30-/m0/s1. The summed E-state index contributed by atoms with van der Waals surface area (Å²) in [6.45, 7) is 3.48. The lowest BCUT2D eigenvalue weighted by molar-refractivity contribution is -0.757. The molecule has 4 aliphatic carbocycles. The van der Waals surface area contributed by atoms with Gasteiger partial charge in [0.05, 0.1) is 19.1 Å². The first-order valence-electron chi connectivity index (χ1n) is 15.2. The fourth-order valence-corrected chi connectivity index (χ4v) is 8.58. The SMILES string of the molecule is C[C@]12CCC(=O)C=C1CCC1C2[C@@H](O)C[C@@]2(C)C1CC[C@]2(O)C(=O)COC(=O)CCNC(=O)CCCCCO[N+](=O)[O-]. The molecule has 7 atom stereocenters. The van der Waals surface area contributed by atoms with Gasteiger partial charge in [-0.25, -0.2) is 0 Å². The van der Waals surface area contributed by atoms with E-state index in [1.54, 1.807) is 6.08 Å². The highest BCUT2D eigenvalue weighted by atomic mass is 16.9. The number of Topliss-reactive ketones (excluding diaryl/α,β-unsaturated/α-hetero) is 1. The molecule has 0 aromatic carbocycles. The molecule has 3 fully saturated rings. The second-order valence-corrected chi connectivity index (χ2v) is 13.0. The highest BCUT2D eigenvalue weighted by Gasteiger charge is 2.68. The van der Waals surface area contributed by atoms with E-state index in [4.69, 9.17) is 4.74 Å². The number of esters is 1. The minimum absolute atomic E-state index is 0.0170. The van der Waals surface area contributed by atoms with Crippen LogP contribution < -0.4 is 5.32 Å². The molecule has 42 heavy (non-hydrogen) atoms. The lowest BCUT2D eigenvalue weighted by Crippen LogP contribution is -2.62. The summed E-state index contributed by atoms with van der Waals surface area (Å²) in [4.78, 5) is 64.0. The van der Waals surface area contributed by atoms with E-state index in [1.807, 2.05) is 6.92 Å². The van der Waals surface area contributed by atoms with Crippen LogP contribution in [0, 0.1) is 38.7 Å². The van der Waals surface area contributed by atoms with Crippen LogP contribution in [0.15, 0.2) is 11.6 Å². The summed E-state index contributed by atoms with van der Waals surface area (Å²) >= 11 is 0. The number of ketones is 2. The Morgan fingerprint density at radius 1 is 1.12 bits per heavy atom. The molecule has 0 bridgehead atoms. The Morgan fingerprint density at radius 2 is 1.88 bits per heavy atom. The fourth-order valence-electron chi connectivity index (χ4n) is 8.58. The van der Waals surface area contributed by atoms with Crippen molar-refractivity contribution in [2.45, 2.75) is 103 Å². The van der Waals surface area contributed by atoms with Crippen molar-refractivity contribution in [1.29, 1.82) is 0 Å². The van der Waals surface area contributed by atoms with E-state index < -0.39 is 40.6 Å². The maximum atomic E-state index is 13.4. The van der Waals surface area contributed by atoms with Crippen LogP contribution in [-0.4, -0.2) is 70.2 Å². The van der Waals surface area contributed by atoms with Crippen molar-refractivity contribution in [3.8, 4) is 0 Å². The summed E-state index contributed by atoms with van der Waals surface area (Å²) in [5.41, 5.74) is -1.72. The van der Waals surface area contributed by atoms with E-state index in [9.17, 15) is 39.5 Å². The molecule has 1 amide bonds. The molecule has 0 spiro atoms. The minimum atomic E-state index is -1.72. The summed E-state index contributed by atoms with van der Waals surface area (Å²) in [6, 6.07) is 0. The van der Waals surface area contributed by atoms with Crippen LogP contribution in [0.3, 0.4) is 0 Å². The molecule has 12 heteroatoms. The molecule has 0 saturated heterocycles. The van der Waals surface area contributed by atoms with Crippen molar-refractivity contribution >= 4 is 23.4 Å². The summed E-state index contributed by atoms with van der Waals surface area (Å²) < 4.78 is 5.19. The predicted molar refractivity (Wildman–Crippen MR) is 148 cm³/mol. The van der Waals surface area contributed by atoms with E-state index in [0.29, 0.717) is 38.5 Å². The van der Waals surface area contributed by atoms with E-state index in [2.05, 4.69) is 17.1 Å². The largest absolute Gasteiger partial charge is 0.457 e. The van der Waals surface area contributed by atoms with Gasteiger partial charge in [0.25, 0.3) is 5.09 Å². The molecular formula is C30H44N2O10. The summed E-state index contributed by atoms with van der Waals surface area (Å²) in [5.74, 6) is -1.23. The van der Waals surface area contributed by atoms with Gasteiger partial charge in [0.15, 0.2) is 12.4 Å². The Morgan fingerprint density at radius 3 is 2.62 bits per heavy atom. The lowest BCUT2D eigenvalue weighted by Gasteiger charge is -2.60. The Bertz CT molecular complexity index is 1120. The second-order valence-electron chi connectivity index (χ2n) is 13.0. The average molecular weight is 593 g/mol. The average Bonchev–Trinajstić information content (AvgIpc) is 3.20. The number of hydrogen-bond acceptors (Lipinski definition) is 10. The Hall–Kier alpha value is -2.86. The molecular weight excluding hydrogens is 548 g/mol. The fraction of sp³-hybridized carbons (Fsp3) is 0.800. The zero-order valence-electron chi connectivity index (χ0n) is 24.6. The van der Waals surface area contributed by atoms with Crippen LogP contribution in [0.25, 0.3) is 0 Å². The van der Waals surface area contributed by atoms with Gasteiger partial charge in [-0.15, -0.1) is 10.1 Å². The summed E-state index contributed by atoms with van der Waals surface area (Å²) in [6.07, 6.45) is 6.61. The van der Waals surface area contributed by atoms with Crippen LogP contribution in [0.4, 0.5) is 0 Å². The van der Waals surface area contributed by atoms with Crippen LogP contribution in [0.2, 0.25) is 0 Å². The molecule has 0 heterocycles. The molecule has 0 radical (unpaired) electrons. The first-order chi connectivity index (χ1) is 19.8. The smallest absolute Gasteiger partial charge is 0.308 e. The quantitative estimate of drug-likeness (QED) is 0.124. The van der Waals surface area contributed by atoms with Crippen molar-refractivity contribution in [3.63, 3.8) is 0 Å². The Labute approximate surface area is 245 Å². The van der Waals surface area contributed by atoms with Gasteiger partial charge in [-0.1, -0.05) is 25.8 Å². The summed E-state index contributed by atoms with van der Waals surface area (Å²) in [5, 5.41) is 35.1. The zero-order chi connectivity index (χ0) is 30.7. The number of unbranched alkanes of at least 4 members (excludes halogenated alkanes) is 2. The van der Waals surface area contributed by atoms with Gasteiger partial charge in [-0.2, -0.15) is 0 Å².